The fourth-order valence-electron chi connectivity index (χ4n) is 7.12. The number of amides is 4. The molecule has 1 fully saturated rings. The van der Waals surface area contributed by atoms with Crippen molar-refractivity contribution in [1.29, 1.82) is 0 Å². The fourth-order valence-corrected chi connectivity index (χ4v) is 7.12. The lowest BCUT2D eigenvalue weighted by Gasteiger charge is -2.35. The Labute approximate surface area is 268 Å². The van der Waals surface area contributed by atoms with Gasteiger partial charge in [-0.3, -0.25) is 9.59 Å². The zero-order chi connectivity index (χ0) is 31.8. The van der Waals surface area contributed by atoms with Gasteiger partial charge in [-0.2, -0.15) is 0 Å². The molecule has 8 heteroatoms. The van der Waals surface area contributed by atoms with Crippen molar-refractivity contribution >= 4 is 34.4 Å². The Hall–Kier alpha value is -5.37. The minimum absolute atomic E-state index is 0.209. The van der Waals surface area contributed by atoms with E-state index < -0.39 is 11.6 Å². The molecular weight excluding hydrogens is 576 g/mol. The number of hydrogen-bond acceptors (Lipinski definition) is 4. The number of nitrogens with one attached hydrogen (secondary N) is 2. The molecule has 0 bridgehead atoms. The lowest BCUT2D eigenvalue weighted by Crippen LogP contribution is -2.49. The molecule has 2 aliphatic rings. The molecule has 1 atom stereocenters. The second kappa shape index (κ2) is 11.9. The number of rotatable bonds is 9. The van der Waals surface area contributed by atoms with Gasteiger partial charge in [0.05, 0.1) is 24.1 Å². The fraction of sp³-hybridized carbons (Fsp3) is 0.237. The van der Waals surface area contributed by atoms with Crippen molar-refractivity contribution in [1.82, 2.24) is 15.2 Å². The van der Waals surface area contributed by atoms with Crippen molar-refractivity contribution in [3.63, 3.8) is 0 Å². The Morgan fingerprint density at radius 1 is 0.935 bits per heavy atom. The molecule has 46 heavy (non-hydrogen) atoms. The molecule has 4 amide bonds. The van der Waals surface area contributed by atoms with Gasteiger partial charge in [-0.25, -0.2) is 9.69 Å². The number of hydrogen-bond donors (Lipinski definition) is 2. The molecule has 4 aromatic carbocycles. The summed E-state index contributed by atoms with van der Waals surface area (Å²) in [6, 6.07) is 33.0. The van der Waals surface area contributed by atoms with Crippen molar-refractivity contribution in [2.45, 2.75) is 37.6 Å². The first-order valence-corrected chi connectivity index (χ1v) is 15.7. The van der Waals surface area contributed by atoms with E-state index in [1.54, 1.807) is 43.2 Å². The van der Waals surface area contributed by atoms with Crippen molar-refractivity contribution in [2.24, 2.45) is 0 Å². The highest BCUT2D eigenvalue weighted by Crippen LogP contribution is 2.46. The number of carbonyl (C=O) groups excluding carboxylic acids is 3. The number of aromatic nitrogens is 1. The second-order valence-corrected chi connectivity index (χ2v) is 12.1. The van der Waals surface area contributed by atoms with E-state index in [0.29, 0.717) is 25.2 Å². The molecule has 0 aliphatic carbocycles. The molecule has 1 saturated heterocycles. The average Bonchev–Trinajstić information content (AvgIpc) is 3.57. The predicted octanol–water partition coefficient (Wildman–Crippen LogP) is 6.76. The van der Waals surface area contributed by atoms with Crippen LogP contribution < -0.4 is 15.0 Å². The molecule has 0 saturated carbocycles. The summed E-state index contributed by atoms with van der Waals surface area (Å²) in [6.45, 7) is 2.63. The lowest BCUT2D eigenvalue weighted by molar-refractivity contribution is -0.125. The smallest absolute Gasteiger partial charge is 0.332 e. The first kappa shape index (κ1) is 29.3. The standard InChI is InChI=1S/C38H36N4O4/c1-38-34-29(31-24-27(46-2)19-20-32(31)40-34)21-23-41(38)37(45)42(36(38)44)33-18-10-9-16-30(33)35(43)39-22-11-17-28(25-12-5-3-6-13-25)26-14-7-4-8-15-26/h3-10,12-16,18-20,24,28,40H,11,17,21-23H2,1-2H3,(H,39,43). The summed E-state index contributed by atoms with van der Waals surface area (Å²) in [6.07, 6.45) is 2.20. The number of aromatic amines is 1. The summed E-state index contributed by atoms with van der Waals surface area (Å²) in [4.78, 5) is 48.1. The van der Waals surface area contributed by atoms with Crippen LogP contribution in [0, 0.1) is 0 Å². The molecule has 0 radical (unpaired) electrons. The van der Waals surface area contributed by atoms with E-state index in [9.17, 15) is 14.4 Å². The Kier molecular flexibility index (Phi) is 7.56. The maximum atomic E-state index is 14.3. The first-order chi connectivity index (χ1) is 22.4. The Balaban J connectivity index is 1.11. The third-order valence-electron chi connectivity index (χ3n) is 9.52. The highest BCUT2D eigenvalue weighted by Gasteiger charge is 2.59. The number of anilines is 1. The van der Waals surface area contributed by atoms with Crippen molar-refractivity contribution in [3.8, 4) is 5.75 Å². The van der Waals surface area contributed by atoms with Crippen LogP contribution in [0.3, 0.4) is 0 Å². The van der Waals surface area contributed by atoms with Crippen LogP contribution in [-0.4, -0.2) is 47.9 Å². The quantitative estimate of drug-likeness (QED) is 0.142. The molecule has 2 aliphatic heterocycles. The van der Waals surface area contributed by atoms with Crippen LogP contribution in [0.2, 0.25) is 0 Å². The molecule has 1 unspecified atom stereocenters. The van der Waals surface area contributed by atoms with Gasteiger partial charge in [0.2, 0.25) is 0 Å². The monoisotopic (exact) mass is 612 g/mol. The van der Waals surface area contributed by atoms with Crippen LogP contribution in [0.25, 0.3) is 10.9 Å². The summed E-state index contributed by atoms with van der Waals surface area (Å²) in [5, 5.41) is 4.03. The van der Waals surface area contributed by atoms with Crippen molar-refractivity contribution < 1.29 is 19.1 Å². The van der Waals surface area contributed by atoms with E-state index in [2.05, 4.69) is 34.6 Å². The zero-order valence-electron chi connectivity index (χ0n) is 26.0. The number of nitrogens with zero attached hydrogens (tertiary/aromatic N) is 2. The van der Waals surface area contributed by atoms with Gasteiger partial charge in [0.1, 0.15) is 5.75 Å². The molecule has 3 heterocycles. The molecule has 5 aromatic rings. The molecule has 1 aromatic heterocycles. The summed E-state index contributed by atoms with van der Waals surface area (Å²) in [7, 11) is 1.63. The van der Waals surface area contributed by atoms with Gasteiger partial charge in [0.15, 0.2) is 5.54 Å². The summed E-state index contributed by atoms with van der Waals surface area (Å²) >= 11 is 0. The van der Waals surface area contributed by atoms with E-state index in [1.807, 2.05) is 54.6 Å². The van der Waals surface area contributed by atoms with E-state index >= 15 is 0 Å². The maximum absolute atomic E-state index is 14.3. The number of ether oxygens (including phenoxy) is 1. The Morgan fingerprint density at radius 3 is 2.30 bits per heavy atom. The topological polar surface area (TPSA) is 94.7 Å². The van der Waals surface area contributed by atoms with Crippen LogP contribution in [0.1, 0.15) is 58.4 Å². The third-order valence-corrected chi connectivity index (χ3v) is 9.52. The summed E-state index contributed by atoms with van der Waals surface area (Å²) in [5.74, 6) is 0.236. The molecule has 8 nitrogen and oxygen atoms in total. The van der Waals surface area contributed by atoms with E-state index in [1.165, 1.54) is 16.0 Å². The minimum Gasteiger partial charge on any atom is -0.497 e. The predicted molar refractivity (Wildman–Crippen MR) is 178 cm³/mol. The number of carbonyl (C=O) groups is 3. The maximum Gasteiger partial charge on any atom is 0.332 e. The number of fused-ring (bicyclic) bond motifs is 5. The molecule has 7 rings (SSSR count). The molecular formula is C38H36N4O4. The van der Waals surface area contributed by atoms with Crippen LogP contribution in [0.4, 0.5) is 10.5 Å². The lowest BCUT2D eigenvalue weighted by atomic mass is 9.87. The minimum atomic E-state index is -1.23. The Morgan fingerprint density at radius 2 is 1.61 bits per heavy atom. The van der Waals surface area contributed by atoms with Crippen molar-refractivity contribution in [2.75, 3.05) is 25.1 Å². The van der Waals surface area contributed by atoms with Crippen LogP contribution >= 0.6 is 0 Å². The number of imide groups is 1. The number of para-hydroxylation sites is 1. The summed E-state index contributed by atoms with van der Waals surface area (Å²) < 4.78 is 5.44. The van der Waals surface area contributed by atoms with Gasteiger partial charge in [-0.05, 0) is 73.2 Å². The zero-order valence-corrected chi connectivity index (χ0v) is 26.0. The van der Waals surface area contributed by atoms with E-state index in [0.717, 1.165) is 35.1 Å². The van der Waals surface area contributed by atoms with Gasteiger partial charge >= 0.3 is 6.03 Å². The average molecular weight is 613 g/mol. The molecule has 2 N–H and O–H groups in total. The normalized spacial score (nSPS) is 17.4. The largest absolute Gasteiger partial charge is 0.497 e. The first-order valence-electron chi connectivity index (χ1n) is 15.7. The van der Waals surface area contributed by atoms with E-state index in [-0.39, 0.29) is 29.0 Å². The van der Waals surface area contributed by atoms with E-state index in [4.69, 9.17) is 4.74 Å². The van der Waals surface area contributed by atoms with Crippen molar-refractivity contribution in [3.05, 3.63) is 131 Å². The highest BCUT2D eigenvalue weighted by atomic mass is 16.5. The molecule has 0 spiro atoms. The number of benzene rings is 4. The van der Waals surface area contributed by atoms with Gasteiger partial charge in [-0.15, -0.1) is 0 Å². The highest BCUT2D eigenvalue weighted by molar-refractivity contribution is 6.25. The number of methoxy groups -OCH3 is 1. The van der Waals surface area contributed by atoms with Gasteiger partial charge in [-0.1, -0.05) is 72.8 Å². The van der Waals surface area contributed by atoms with Crippen LogP contribution in [0.5, 0.6) is 5.75 Å². The van der Waals surface area contributed by atoms with Gasteiger partial charge in [0, 0.05) is 29.9 Å². The van der Waals surface area contributed by atoms with Crippen LogP contribution in [0.15, 0.2) is 103 Å². The second-order valence-electron chi connectivity index (χ2n) is 12.1. The number of H-pyrrole nitrogens is 1. The number of urea groups is 1. The van der Waals surface area contributed by atoms with Gasteiger partial charge < -0.3 is 19.9 Å². The third kappa shape index (κ3) is 4.81. The molecule has 232 valence electrons. The SMILES string of the molecule is COc1ccc2[nH]c3c(c2c1)CCN1C(=O)N(c2ccccc2C(=O)NCCCC(c2ccccc2)c2ccccc2)C(=O)C31C. The van der Waals surface area contributed by atoms with Gasteiger partial charge in [0.25, 0.3) is 11.8 Å². The Bertz CT molecular complexity index is 1900. The van der Waals surface area contributed by atoms with Crippen LogP contribution in [-0.2, 0) is 16.8 Å². The summed E-state index contributed by atoms with van der Waals surface area (Å²) in [5.41, 5.74) is 4.41.